The Morgan fingerprint density at radius 2 is 1.83 bits per heavy atom. The molecule has 154 valence electrons. The van der Waals surface area contributed by atoms with Crippen LogP contribution in [0.3, 0.4) is 0 Å². The molecule has 0 saturated heterocycles. The van der Waals surface area contributed by atoms with Gasteiger partial charge in [0.15, 0.2) is 0 Å². The lowest BCUT2D eigenvalue weighted by atomic mass is 10.2. The molecule has 8 heteroatoms. The molecule has 0 saturated carbocycles. The second-order valence-corrected chi connectivity index (χ2v) is 7.94. The molecule has 4 rings (SSSR count). The fourth-order valence-electron chi connectivity index (χ4n) is 3.38. The molecule has 0 aliphatic carbocycles. The molecule has 4 aromatic rings. The maximum Gasteiger partial charge on any atom is 0.332 e. The van der Waals surface area contributed by atoms with E-state index in [0.29, 0.717) is 29.0 Å². The maximum absolute atomic E-state index is 13.2. The number of rotatable bonds is 6. The van der Waals surface area contributed by atoms with Crippen molar-refractivity contribution < 1.29 is 4.52 Å². The summed E-state index contributed by atoms with van der Waals surface area (Å²) in [6, 6.07) is 14.7. The third-order valence-electron chi connectivity index (χ3n) is 5.22. The van der Waals surface area contributed by atoms with Crippen molar-refractivity contribution in [3.8, 4) is 11.4 Å². The van der Waals surface area contributed by atoms with Gasteiger partial charge in [0, 0.05) is 16.5 Å². The van der Waals surface area contributed by atoms with Crippen LogP contribution in [-0.4, -0.2) is 25.5 Å². The van der Waals surface area contributed by atoms with Crippen molar-refractivity contribution in [1.29, 1.82) is 0 Å². The number of para-hydroxylation sites is 1. The summed E-state index contributed by atoms with van der Waals surface area (Å²) in [6.45, 7) is 3.90. The Kier molecular flexibility index (Phi) is 5.59. The maximum atomic E-state index is 13.2. The summed E-state index contributed by atoms with van der Waals surface area (Å²) in [7, 11) is 0. The van der Waals surface area contributed by atoms with Gasteiger partial charge in [0.25, 0.3) is 5.56 Å². The van der Waals surface area contributed by atoms with Crippen LogP contribution >= 0.6 is 11.8 Å². The van der Waals surface area contributed by atoms with E-state index in [2.05, 4.69) is 10.1 Å². The number of nitrogens with zero attached hydrogens (tertiary/aromatic N) is 4. The molecule has 0 spiro atoms. The molecular formula is C22H22N4O3S. The minimum absolute atomic E-state index is 0.0892. The van der Waals surface area contributed by atoms with E-state index in [-0.39, 0.29) is 23.8 Å². The Morgan fingerprint density at radius 3 is 2.53 bits per heavy atom. The lowest BCUT2D eigenvalue weighted by Crippen LogP contribution is -2.41. The molecule has 1 atom stereocenters. The van der Waals surface area contributed by atoms with Gasteiger partial charge in [-0.05, 0) is 56.0 Å². The van der Waals surface area contributed by atoms with Crippen LogP contribution in [0.5, 0.6) is 0 Å². The second kappa shape index (κ2) is 8.31. The van der Waals surface area contributed by atoms with Gasteiger partial charge in [-0.3, -0.25) is 13.9 Å². The number of hydrogen-bond acceptors (Lipinski definition) is 6. The van der Waals surface area contributed by atoms with Gasteiger partial charge in [0.1, 0.15) is 6.54 Å². The van der Waals surface area contributed by atoms with Crippen molar-refractivity contribution in [3.05, 3.63) is 75.3 Å². The topological polar surface area (TPSA) is 82.9 Å². The molecule has 0 fully saturated rings. The van der Waals surface area contributed by atoms with Crippen molar-refractivity contribution >= 4 is 22.7 Å². The van der Waals surface area contributed by atoms with Gasteiger partial charge in [-0.25, -0.2) is 4.79 Å². The minimum Gasteiger partial charge on any atom is -0.337 e. The Morgan fingerprint density at radius 1 is 1.10 bits per heavy atom. The Labute approximate surface area is 177 Å². The zero-order valence-electron chi connectivity index (χ0n) is 17.0. The highest BCUT2D eigenvalue weighted by Gasteiger charge is 2.18. The van der Waals surface area contributed by atoms with E-state index < -0.39 is 0 Å². The van der Waals surface area contributed by atoms with Crippen molar-refractivity contribution in [2.45, 2.75) is 37.8 Å². The third-order valence-corrected chi connectivity index (χ3v) is 5.97. The fraction of sp³-hybridized carbons (Fsp3) is 0.273. The Balaban J connectivity index is 1.78. The zero-order chi connectivity index (χ0) is 21.3. The molecule has 2 aromatic heterocycles. The summed E-state index contributed by atoms with van der Waals surface area (Å²) in [5, 5.41) is 4.55. The Bertz CT molecular complexity index is 1300. The van der Waals surface area contributed by atoms with Crippen molar-refractivity contribution in [2.75, 3.05) is 6.26 Å². The van der Waals surface area contributed by atoms with E-state index in [1.54, 1.807) is 36.0 Å². The van der Waals surface area contributed by atoms with Crippen LogP contribution in [-0.2, 0) is 6.54 Å². The molecule has 0 unspecified atom stereocenters. The first kappa shape index (κ1) is 20.2. The summed E-state index contributed by atoms with van der Waals surface area (Å²) in [6.07, 6.45) is 2.69. The number of fused-ring (bicyclic) bond motifs is 1. The normalized spacial score (nSPS) is 12.4. The van der Waals surface area contributed by atoms with Gasteiger partial charge in [-0.15, -0.1) is 11.8 Å². The molecular weight excluding hydrogens is 400 g/mol. The van der Waals surface area contributed by atoms with E-state index in [0.717, 1.165) is 10.5 Å². The summed E-state index contributed by atoms with van der Waals surface area (Å²) in [5.41, 5.74) is 0.735. The molecule has 2 heterocycles. The van der Waals surface area contributed by atoms with E-state index >= 15 is 0 Å². The zero-order valence-corrected chi connectivity index (χ0v) is 17.8. The predicted molar refractivity (Wildman–Crippen MR) is 118 cm³/mol. The van der Waals surface area contributed by atoms with E-state index in [4.69, 9.17) is 4.52 Å². The van der Waals surface area contributed by atoms with Crippen LogP contribution in [0, 0.1) is 0 Å². The largest absolute Gasteiger partial charge is 0.337 e. The highest BCUT2D eigenvalue weighted by molar-refractivity contribution is 7.98. The smallest absolute Gasteiger partial charge is 0.332 e. The van der Waals surface area contributed by atoms with Crippen LogP contribution in [0.4, 0.5) is 0 Å². The first-order valence-corrected chi connectivity index (χ1v) is 11.0. The monoisotopic (exact) mass is 422 g/mol. The van der Waals surface area contributed by atoms with Crippen LogP contribution in [0.2, 0.25) is 0 Å². The fourth-order valence-corrected chi connectivity index (χ4v) is 3.78. The highest BCUT2D eigenvalue weighted by Crippen LogP contribution is 2.21. The van der Waals surface area contributed by atoms with Crippen molar-refractivity contribution in [1.82, 2.24) is 19.3 Å². The number of thioether (sulfide) groups is 1. The number of benzene rings is 2. The molecule has 0 aliphatic rings. The van der Waals surface area contributed by atoms with Crippen molar-refractivity contribution in [3.63, 3.8) is 0 Å². The average Bonchev–Trinajstić information content (AvgIpc) is 3.25. The summed E-state index contributed by atoms with van der Waals surface area (Å²) < 4.78 is 8.26. The van der Waals surface area contributed by atoms with Gasteiger partial charge in [-0.2, -0.15) is 4.98 Å². The van der Waals surface area contributed by atoms with Crippen LogP contribution < -0.4 is 11.2 Å². The van der Waals surface area contributed by atoms with Gasteiger partial charge >= 0.3 is 5.69 Å². The second-order valence-electron chi connectivity index (χ2n) is 7.06. The molecule has 0 aliphatic heterocycles. The highest BCUT2D eigenvalue weighted by atomic mass is 32.2. The summed E-state index contributed by atoms with van der Waals surface area (Å²) >= 11 is 1.66. The average molecular weight is 423 g/mol. The van der Waals surface area contributed by atoms with Crippen LogP contribution in [0.25, 0.3) is 22.3 Å². The third kappa shape index (κ3) is 3.59. The quantitative estimate of drug-likeness (QED) is 0.438. The van der Waals surface area contributed by atoms with Gasteiger partial charge in [0.2, 0.25) is 11.7 Å². The van der Waals surface area contributed by atoms with E-state index in [9.17, 15) is 9.59 Å². The molecule has 0 amide bonds. The summed E-state index contributed by atoms with van der Waals surface area (Å²) in [4.78, 5) is 31.7. The summed E-state index contributed by atoms with van der Waals surface area (Å²) in [5.74, 6) is 0.769. The lowest BCUT2D eigenvalue weighted by Gasteiger charge is -2.16. The molecule has 7 nitrogen and oxygen atoms in total. The molecule has 0 radical (unpaired) electrons. The van der Waals surface area contributed by atoms with E-state index in [1.807, 2.05) is 44.4 Å². The number of aromatic nitrogens is 4. The minimum atomic E-state index is -0.378. The molecule has 0 bridgehead atoms. The van der Waals surface area contributed by atoms with Gasteiger partial charge in [0.05, 0.1) is 10.9 Å². The van der Waals surface area contributed by atoms with Gasteiger partial charge in [-0.1, -0.05) is 24.2 Å². The molecule has 2 aromatic carbocycles. The Hall–Kier alpha value is -3.13. The van der Waals surface area contributed by atoms with Crippen LogP contribution in [0.1, 0.15) is 32.2 Å². The van der Waals surface area contributed by atoms with Crippen LogP contribution in [0.15, 0.2) is 67.5 Å². The predicted octanol–water partition coefficient (Wildman–Crippen LogP) is 3.95. The molecule has 30 heavy (non-hydrogen) atoms. The lowest BCUT2D eigenvalue weighted by molar-refractivity contribution is 0.367. The number of hydrogen-bond donors (Lipinski definition) is 0. The van der Waals surface area contributed by atoms with Gasteiger partial charge < -0.3 is 4.52 Å². The first-order chi connectivity index (χ1) is 14.5. The standard InChI is InChI=1S/C22H22N4O3S/c1-4-14(2)26-21(27)17-7-5-6-8-18(17)25(22(26)28)13-19-23-20(24-29-19)15-9-11-16(30-3)12-10-15/h5-12,14H,4,13H2,1-3H3/t14-/m1/s1. The van der Waals surface area contributed by atoms with Crippen molar-refractivity contribution in [2.24, 2.45) is 0 Å². The van der Waals surface area contributed by atoms with E-state index in [1.165, 1.54) is 9.13 Å². The SMILES string of the molecule is CC[C@@H](C)n1c(=O)c2ccccc2n(Cc2nc(-c3ccc(SC)cc3)no2)c1=O. The first-order valence-electron chi connectivity index (χ1n) is 9.74. The molecule has 0 N–H and O–H groups in total.